The molecule has 0 bridgehead atoms. The highest BCUT2D eigenvalue weighted by Crippen LogP contribution is 2.22. The van der Waals surface area contributed by atoms with Gasteiger partial charge < -0.3 is 15.4 Å². The predicted molar refractivity (Wildman–Crippen MR) is 119 cm³/mol. The van der Waals surface area contributed by atoms with Crippen LogP contribution in [0.3, 0.4) is 0 Å². The number of guanidine groups is 1. The van der Waals surface area contributed by atoms with Gasteiger partial charge in [-0.3, -0.25) is 0 Å². The number of benzene rings is 2. The van der Waals surface area contributed by atoms with E-state index in [0.717, 1.165) is 23.1 Å². The highest BCUT2D eigenvalue weighted by molar-refractivity contribution is 7.89. The smallest absolute Gasteiger partial charge is 0.191 e. The molecule has 0 amide bonds. The fraction of sp³-hybridized carbons (Fsp3) is 0.409. The number of sulfone groups is 1. The van der Waals surface area contributed by atoms with Crippen LogP contribution in [0, 0.1) is 19.7 Å². The average molecular weight is 436 g/mol. The normalized spacial score (nSPS) is 12.0. The molecule has 0 aliphatic rings. The van der Waals surface area contributed by atoms with Crippen molar-refractivity contribution in [2.24, 2.45) is 4.99 Å². The molecule has 2 aromatic rings. The van der Waals surface area contributed by atoms with Crippen molar-refractivity contribution in [3.05, 3.63) is 64.5 Å². The number of halogens is 1. The maximum atomic E-state index is 13.7. The van der Waals surface area contributed by atoms with Crippen molar-refractivity contribution < 1.29 is 17.5 Å². The Morgan fingerprint density at radius 1 is 1.10 bits per heavy atom. The van der Waals surface area contributed by atoms with Crippen LogP contribution >= 0.6 is 0 Å². The van der Waals surface area contributed by atoms with Gasteiger partial charge in [-0.25, -0.2) is 17.8 Å². The average Bonchev–Trinajstić information content (AvgIpc) is 2.65. The van der Waals surface area contributed by atoms with Crippen LogP contribution in [-0.2, 0) is 22.1 Å². The fourth-order valence-corrected chi connectivity index (χ4v) is 3.87. The largest absolute Gasteiger partial charge is 0.491 e. The molecule has 0 saturated heterocycles. The molecule has 164 valence electrons. The minimum absolute atomic E-state index is 0.147. The fourth-order valence-electron chi connectivity index (χ4n) is 3.02. The van der Waals surface area contributed by atoms with Crippen molar-refractivity contribution in [2.45, 2.75) is 33.1 Å². The van der Waals surface area contributed by atoms with Gasteiger partial charge in [0.05, 0.1) is 18.8 Å². The van der Waals surface area contributed by atoms with E-state index in [4.69, 9.17) is 4.74 Å². The summed E-state index contributed by atoms with van der Waals surface area (Å²) < 4.78 is 42.9. The van der Waals surface area contributed by atoms with Gasteiger partial charge >= 0.3 is 0 Å². The monoisotopic (exact) mass is 435 g/mol. The van der Waals surface area contributed by atoms with Crippen LogP contribution in [0.1, 0.15) is 29.2 Å². The summed E-state index contributed by atoms with van der Waals surface area (Å²) in [6.45, 7) is 7.76. The lowest BCUT2D eigenvalue weighted by atomic mass is 10.1. The summed E-state index contributed by atoms with van der Waals surface area (Å²) in [5.41, 5.74) is 3.27. The predicted octanol–water partition coefficient (Wildman–Crippen LogP) is 3.12. The van der Waals surface area contributed by atoms with Crippen molar-refractivity contribution in [1.82, 2.24) is 10.6 Å². The molecule has 2 N–H and O–H groups in total. The van der Waals surface area contributed by atoms with E-state index >= 15 is 0 Å². The number of aryl methyl sites for hydroxylation is 2. The first-order valence-corrected chi connectivity index (χ1v) is 11.9. The molecule has 0 aliphatic heterocycles. The number of rotatable bonds is 9. The minimum atomic E-state index is -3.23. The first kappa shape index (κ1) is 23.7. The van der Waals surface area contributed by atoms with Crippen LogP contribution < -0.4 is 15.4 Å². The van der Waals surface area contributed by atoms with Gasteiger partial charge in [0.15, 0.2) is 15.8 Å². The zero-order valence-electron chi connectivity index (χ0n) is 18.0. The second-order valence-corrected chi connectivity index (χ2v) is 9.31. The number of hydrogen-bond acceptors (Lipinski definition) is 4. The Morgan fingerprint density at radius 3 is 2.43 bits per heavy atom. The van der Waals surface area contributed by atoms with Gasteiger partial charge in [0.25, 0.3) is 0 Å². The molecule has 0 spiro atoms. The molecule has 0 aromatic heterocycles. The summed E-state index contributed by atoms with van der Waals surface area (Å²) in [6, 6.07) is 10.1. The van der Waals surface area contributed by atoms with Gasteiger partial charge in [-0.1, -0.05) is 24.3 Å². The molecule has 0 radical (unpaired) electrons. The summed E-state index contributed by atoms with van der Waals surface area (Å²) >= 11 is 0. The van der Waals surface area contributed by atoms with Crippen LogP contribution in [-0.4, -0.2) is 40.3 Å². The Hall–Kier alpha value is -2.61. The molecule has 8 heteroatoms. The lowest BCUT2D eigenvalue weighted by Crippen LogP contribution is -2.39. The second kappa shape index (κ2) is 11.0. The molecule has 2 rings (SSSR count). The van der Waals surface area contributed by atoms with Crippen molar-refractivity contribution in [3.63, 3.8) is 0 Å². The third-order valence-electron chi connectivity index (χ3n) is 4.39. The van der Waals surface area contributed by atoms with E-state index in [1.165, 1.54) is 18.2 Å². The van der Waals surface area contributed by atoms with Crippen molar-refractivity contribution in [1.29, 1.82) is 0 Å². The van der Waals surface area contributed by atoms with Crippen LogP contribution in [0.5, 0.6) is 5.75 Å². The Morgan fingerprint density at radius 2 is 1.80 bits per heavy atom. The summed E-state index contributed by atoms with van der Waals surface area (Å²) in [4.78, 5) is 4.47. The summed E-state index contributed by atoms with van der Waals surface area (Å²) in [7, 11) is -3.23. The van der Waals surface area contributed by atoms with Crippen LogP contribution in [0.25, 0.3) is 0 Å². The molecule has 0 saturated carbocycles. The van der Waals surface area contributed by atoms with Crippen molar-refractivity contribution in [3.8, 4) is 5.75 Å². The molecular formula is C22H30FN3O3S. The van der Waals surface area contributed by atoms with Gasteiger partial charge in [-0.05, 0) is 55.2 Å². The highest BCUT2D eigenvalue weighted by atomic mass is 32.2. The molecule has 0 atom stereocenters. The van der Waals surface area contributed by atoms with E-state index in [9.17, 15) is 12.8 Å². The van der Waals surface area contributed by atoms with Gasteiger partial charge in [0.2, 0.25) is 0 Å². The van der Waals surface area contributed by atoms with E-state index in [2.05, 4.69) is 15.6 Å². The van der Waals surface area contributed by atoms with Crippen molar-refractivity contribution >= 4 is 15.8 Å². The van der Waals surface area contributed by atoms with Crippen LogP contribution in [0.15, 0.2) is 41.4 Å². The lowest BCUT2D eigenvalue weighted by molar-refractivity contribution is 0.317. The lowest BCUT2D eigenvalue weighted by Gasteiger charge is -2.15. The van der Waals surface area contributed by atoms with E-state index in [1.807, 2.05) is 39.0 Å². The number of nitrogens with zero attached hydrogens (tertiary/aromatic N) is 1. The number of para-hydroxylation sites is 1. The number of aliphatic imine (C=N–C) groups is 1. The van der Waals surface area contributed by atoms with Gasteiger partial charge in [0.1, 0.15) is 18.2 Å². The van der Waals surface area contributed by atoms with E-state index in [0.29, 0.717) is 36.8 Å². The molecular weight excluding hydrogens is 405 g/mol. The molecule has 0 fully saturated rings. The van der Waals surface area contributed by atoms with E-state index < -0.39 is 15.7 Å². The molecule has 0 aliphatic carbocycles. The maximum absolute atomic E-state index is 13.7. The Bertz CT molecular complexity index is 971. The van der Waals surface area contributed by atoms with Gasteiger partial charge in [-0.2, -0.15) is 0 Å². The molecule has 2 aromatic carbocycles. The number of hydrogen-bond donors (Lipinski definition) is 2. The Labute approximate surface area is 178 Å². The van der Waals surface area contributed by atoms with Crippen LogP contribution in [0.4, 0.5) is 4.39 Å². The summed E-state index contributed by atoms with van der Waals surface area (Å²) in [5.74, 6) is 0.868. The highest BCUT2D eigenvalue weighted by Gasteiger charge is 2.11. The van der Waals surface area contributed by atoms with Gasteiger partial charge in [-0.15, -0.1) is 0 Å². The molecule has 0 unspecified atom stereocenters. The summed E-state index contributed by atoms with van der Waals surface area (Å²) in [5, 5.41) is 6.31. The first-order chi connectivity index (χ1) is 14.2. The third-order valence-corrected chi connectivity index (χ3v) is 5.22. The number of nitrogens with one attached hydrogen (secondary N) is 2. The minimum Gasteiger partial charge on any atom is -0.491 e. The Kier molecular flexibility index (Phi) is 8.65. The second-order valence-electron chi connectivity index (χ2n) is 7.17. The van der Waals surface area contributed by atoms with Crippen molar-refractivity contribution in [2.75, 3.05) is 26.0 Å². The van der Waals surface area contributed by atoms with E-state index in [-0.39, 0.29) is 12.3 Å². The molecule has 0 heterocycles. The quantitative estimate of drug-likeness (QED) is 0.359. The first-order valence-electron chi connectivity index (χ1n) is 9.86. The standard InChI is InChI=1S/C22H30FN3O3S/c1-5-24-22(25-11-12-29-21-16(2)7-6-8-17(21)3)26-14-19-13-20(23)10-9-18(19)15-30(4,27)28/h6-10,13H,5,11-12,14-15H2,1-4H3,(H2,24,25,26). The number of ether oxygens (including phenoxy) is 1. The molecule has 6 nitrogen and oxygen atoms in total. The van der Waals surface area contributed by atoms with E-state index in [1.54, 1.807) is 0 Å². The van der Waals surface area contributed by atoms with Crippen LogP contribution in [0.2, 0.25) is 0 Å². The summed E-state index contributed by atoms with van der Waals surface area (Å²) in [6.07, 6.45) is 1.16. The SMILES string of the molecule is CCNC(=NCc1cc(F)ccc1CS(C)(=O)=O)NCCOc1c(C)cccc1C. The third kappa shape index (κ3) is 7.67. The van der Waals surface area contributed by atoms with Gasteiger partial charge in [0, 0.05) is 12.8 Å². The zero-order valence-corrected chi connectivity index (χ0v) is 18.8. The molecule has 30 heavy (non-hydrogen) atoms. The zero-order chi connectivity index (χ0) is 22.1. The Balaban J connectivity index is 2.02. The maximum Gasteiger partial charge on any atom is 0.191 e. The topological polar surface area (TPSA) is 79.8 Å².